The number of alkyl halides is 2. The van der Waals surface area contributed by atoms with Gasteiger partial charge >= 0.3 is 6.61 Å². The molecule has 0 saturated heterocycles. The van der Waals surface area contributed by atoms with Crippen LogP contribution in [0.5, 0.6) is 11.5 Å². The maximum absolute atomic E-state index is 12.0. The second kappa shape index (κ2) is 7.21. The zero-order valence-electron chi connectivity index (χ0n) is 11.1. The summed E-state index contributed by atoms with van der Waals surface area (Å²) in [6.07, 6.45) is 1.24. The number of benzene rings is 1. The molecule has 2 rings (SSSR count). The second-order valence-electron chi connectivity index (χ2n) is 4.07. The maximum atomic E-state index is 12.0. The van der Waals surface area contributed by atoms with Crippen molar-refractivity contribution in [1.29, 1.82) is 0 Å². The minimum atomic E-state index is -2.85. The quantitative estimate of drug-likeness (QED) is 0.845. The average Bonchev–Trinajstić information content (AvgIpc) is 2.46. The molecule has 21 heavy (non-hydrogen) atoms. The van der Waals surface area contributed by atoms with Gasteiger partial charge in [0.2, 0.25) is 0 Å². The molecule has 0 saturated carbocycles. The van der Waals surface area contributed by atoms with Crippen LogP contribution in [0.3, 0.4) is 0 Å². The molecule has 0 fully saturated rings. The Kier molecular flexibility index (Phi) is 5.32. The van der Waals surface area contributed by atoms with Crippen molar-refractivity contribution in [1.82, 2.24) is 4.98 Å². The molecule has 0 spiro atoms. The van der Waals surface area contributed by atoms with Crippen LogP contribution in [0.15, 0.2) is 41.0 Å². The van der Waals surface area contributed by atoms with Gasteiger partial charge in [0.25, 0.3) is 0 Å². The molecule has 0 aliphatic carbocycles. The van der Waals surface area contributed by atoms with E-state index in [4.69, 9.17) is 4.74 Å². The molecule has 112 valence electrons. The third-order valence-corrected chi connectivity index (χ3v) is 3.16. The van der Waals surface area contributed by atoms with E-state index in [2.05, 4.69) is 31.0 Å². The number of hydrogen-bond donors (Lipinski definition) is 1. The Hall–Kier alpha value is -1.89. The van der Waals surface area contributed by atoms with Gasteiger partial charge in [0.05, 0.1) is 13.3 Å². The van der Waals surface area contributed by atoms with Crippen LogP contribution in [0.1, 0.15) is 5.56 Å². The molecule has 0 unspecified atom stereocenters. The van der Waals surface area contributed by atoms with Crippen LogP contribution in [0.2, 0.25) is 0 Å². The zero-order valence-corrected chi connectivity index (χ0v) is 12.7. The van der Waals surface area contributed by atoms with Crippen molar-refractivity contribution in [2.24, 2.45) is 0 Å². The molecule has 0 amide bonds. The predicted molar refractivity (Wildman–Crippen MR) is 78.9 cm³/mol. The lowest BCUT2D eigenvalue weighted by molar-refractivity contribution is -0.0500. The van der Waals surface area contributed by atoms with Gasteiger partial charge in [0, 0.05) is 16.6 Å². The number of methoxy groups -OCH3 is 1. The van der Waals surface area contributed by atoms with E-state index < -0.39 is 6.61 Å². The fraction of sp³-hybridized carbons (Fsp3) is 0.214. The van der Waals surface area contributed by atoms with Crippen LogP contribution in [0, 0.1) is 0 Å². The minimum Gasteiger partial charge on any atom is -0.496 e. The first-order valence-electron chi connectivity index (χ1n) is 6.05. The largest absolute Gasteiger partial charge is 0.496 e. The summed E-state index contributed by atoms with van der Waals surface area (Å²) in [6.45, 7) is -2.35. The van der Waals surface area contributed by atoms with Crippen molar-refractivity contribution in [3.05, 3.63) is 46.6 Å². The van der Waals surface area contributed by atoms with Crippen LogP contribution >= 0.6 is 15.9 Å². The van der Waals surface area contributed by atoms with Crippen molar-refractivity contribution in [3.63, 3.8) is 0 Å². The third-order valence-electron chi connectivity index (χ3n) is 2.67. The standard InChI is InChI=1S/C14H13BrF2N2O2/c1-20-12-6-10(15)3-2-9(12)7-18-13-5-4-11(8-19-13)21-14(16)17/h2-6,8,14H,7H2,1H3,(H,18,19). The van der Waals surface area contributed by atoms with Crippen LogP contribution in [-0.4, -0.2) is 18.7 Å². The molecule has 7 heteroatoms. The Balaban J connectivity index is 2.00. The molecule has 0 atom stereocenters. The molecule has 2 aromatic rings. The summed E-state index contributed by atoms with van der Waals surface area (Å²) >= 11 is 3.37. The smallest absolute Gasteiger partial charge is 0.387 e. The summed E-state index contributed by atoms with van der Waals surface area (Å²) in [5, 5.41) is 3.09. The zero-order chi connectivity index (χ0) is 15.2. The second-order valence-corrected chi connectivity index (χ2v) is 4.98. The average molecular weight is 359 g/mol. The molecule has 0 aliphatic rings. The van der Waals surface area contributed by atoms with Gasteiger partial charge in [-0.15, -0.1) is 0 Å². The van der Waals surface area contributed by atoms with E-state index in [1.54, 1.807) is 13.2 Å². The summed E-state index contributed by atoms with van der Waals surface area (Å²) in [7, 11) is 1.60. The number of ether oxygens (including phenoxy) is 2. The van der Waals surface area contributed by atoms with E-state index in [9.17, 15) is 8.78 Å². The van der Waals surface area contributed by atoms with Crippen LogP contribution in [0.25, 0.3) is 0 Å². The fourth-order valence-corrected chi connectivity index (χ4v) is 2.05. The normalized spacial score (nSPS) is 10.5. The number of pyridine rings is 1. The van der Waals surface area contributed by atoms with Crippen molar-refractivity contribution in [3.8, 4) is 11.5 Å². The highest BCUT2D eigenvalue weighted by Gasteiger charge is 2.06. The van der Waals surface area contributed by atoms with Gasteiger partial charge in [0.15, 0.2) is 0 Å². The van der Waals surface area contributed by atoms with Gasteiger partial charge in [-0.3, -0.25) is 0 Å². The number of hydrogen-bond acceptors (Lipinski definition) is 4. The van der Waals surface area contributed by atoms with E-state index in [1.807, 2.05) is 18.2 Å². The lowest BCUT2D eigenvalue weighted by Gasteiger charge is -2.11. The highest BCUT2D eigenvalue weighted by atomic mass is 79.9. The van der Waals surface area contributed by atoms with Gasteiger partial charge in [-0.25, -0.2) is 4.98 Å². The first-order valence-corrected chi connectivity index (χ1v) is 6.85. The molecule has 0 aliphatic heterocycles. The molecule has 1 N–H and O–H groups in total. The van der Waals surface area contributed by atoms with E-state index in [-0.39, 0.29) is 5.75 Å². The Bertz CT molecular complexity index is 594. The van der Waals surface area contributed by atoms with Crippen molar-refractivity contribution >= 4 is 21.7 Å². The molecule has 0 radical (unpaired) electrons. The summed E-state index contributed by atoms with van der Waals surface area (Å²) in [5.74, 6) is 1.33. The minimum absolute atomic E-state index is 0.0248. The molecule has 1 aromatic carbocycles. The Morgan fingerprint density at radius 1 is 1.29 bits per heavy atom. The highest BCUT2D eigenvalue weighted by molar-refractivity contribution is 9.10. The van der Waals surface area contributed by atoms with Crippen LogP contribution in [0.4, 0.5) is 14.6 Å². The fourth-order valence-electron chi connectivity index (χ4n) is 1.71. The summed E-state index contributed by atoms with van der Waals surface area (Å²) in [4.78, 5) is 4.00. The molecule has 4 nitrogen and oxygen atoms in total. The Morgan fingerprint density at radius 2 is 2.10 bits per heavy atom. The first-order chi connectivity index (χ1) is 10.1. The molecule has 1 heterocycles. The monoisotopic (exact) mass is 358 g/mol. The highest BCUT2D eigenvalue weighted by Crippen LogP contribution is 2.24. The van der Waals surface area contributed by atoms with Gasteiger partial charge in [0.1, 0.15) is 17.3 Å². The van der Waals surface area contributed by atoms with E-state index in [0.717, 1.165) is 15.8 Å². The Morgan fingerprint density at radius 3 is 2.71 bits per heavy atom. The molecular weight excluding hydrogens is 346 g/mol. The first kappa shape index (κ1) is 15.5. The SMILES string of the molecule is COc1cc(Br)ccc1CNc1ccc(OC(F)F)cn1. The van der Waals surface area contributed by atoms with Crippen molar-refractivity contribution < 1.29 is 18.3 Å². The number of aromatic nitrogens is 1. The van der Waals surface area contributed by atoms with Crippen molar-refractivity contribution in [2.45, 2.75) is 13.2 Å². The van der Waals surface area contributed by atoms with Crippen LogP contribution in [-0.2, 0) is 6.54 Å². The van der Waals surface area contributed by atoms with Crippen LogP contribution < -0.4 is 14.8 Å². The van der Waals surface area contributed by atoms with E-state index in [1.165, 1.54) is 12.3 Å². The molecule has 1 aromatic heterocycles. The third kappa shape index (κ3) is 4.56. The summed E-state index contributed by atoms with van der Waals surface area (Å²) in [5.41, 5.74) is 0.954. The number of nitrogens with zero attached hydrogens (tertiary/aromatic N) is 1. The maximum Gasteiger partial charge on any atom is 0.387 e. The summed E-state index contributed by atoms with van der Waals surface area (Å²) in [6, 6.07) is 8.70. The van der Waals surface area contributed by atoms with Gasteiger partial charge in [-0.2, -0.15) is 8.78 Å². The Labute approximate surface area is 129 Å². The topological polar surface area (TPSA) is 43.4 Å². The predicted octanol–water partition coefficient (Wildman–Crippen LogP) is 4.07. The number of anilines is 1. The van der Waals surface area contributed by atoms with E-state index in [0.29, 0.717) is 12.4 Å². The van der Waals surface area contributed by atoms with E-state index >= 15 is 0 Å². The summed E-state index contributed by atoms with van der Waals surface area (Å²) < 4.78 is 34.5. The van der Waals surface area contributed by atoms with Gasteiger partial charge in [-0.05, 0) is 24.3 Å². The number of halogens is 3. The number of rotatable bonds is 6. The molecular formula is C14H13BrF2N2O2. The van der Waals surface area contributed by atoms with Gasteiger partial charge < -0.3 is 14.8 Å². The van der Waals surface area contributed by atoms with Gasteiger partial charge in [-0.1, -0.05) is 22.0 Å². The lowest BCUT2D eigenvalue weighted by Crippen LogP contribution is -2.05. The van der Waals surface area contributed by atoms with Crippen molar-refractivity contribution in [2.75, 3.05) is 12.4 Å². The molecule has 0 bridgehead atoms. The lowest BCUT2D eigenvalue weighted by atomic mass is 10.2. The number of nitrogens with one attached hydrogen (secondary N) is 1.